The molecule has 0 atom stereocenters. The molecule has 0 saturated carbocycles. The minimum Gasteiger partial charge on any atom is -0.364 e. The first-order valence-corrected chi connectivity index (χ1v) is 6.58. The van der Waals surface area contributed by atoms with Gasteiger partial charge in [-0.15, -0.1) is 0 Å². The molecule has 0 spiro atoms. The van der Waals surface area contributed by atoms with E-state index in [9.17, 15) is 4.79 Å². The van der Waals surface area contributed by atoms with E-state index in [-0.39, 0.29) is 5.69 Å². The Morgan fingerprint density at radius 2 is 2.25 bits per heavy atom. The van der Waals surface area contributed by atoms with Crippen molar-refractivity contribution in [3.8, 4) is 5.82 Å². The molecule has 0 bridgehead atoms. The summed E-state index contributed by atoms with van der Waals surface area (Å²) in [6.07, 6.45) is 3.39. The normalized spacial score (nSPS) is 10.9. The summed E-state index contributed by atoms with van der Waals surface area (Å²) in [7, 11) is 0. The number of primary amides is 1. The molecule has 2 rings (SSSR count). The minimum absolute atomic E-state index is 0.233. The molecule has 106 valence electrons. The third-order valence-electron chi connectivity index (χ3n) is 2.79. The van der Waals surface area contributed by atoms with Crippen molar-refractivity contribution in [1.29, 1.82) is 0 Å². The molecule has 3 N–H and O–H groups in total. The molecular weight excluding hydrogens is 254 g/mol. The highest BCUT2D eigenvalue weighted by molar-refractivity contribution is 5.90. The Bertz CT molecular complexity index is 591. The van der Waals surface area contributed by atoms with Gasteiger partial charge < -0.3 is 11.1 Å². The van der Waals surface area contributed by atoms with Gasteiger partial charge >= 0.3 is 0 Å². The number of carbonyl (C=O) groups excluding carboxylic acids is 1. The predicted octanol–water partition coefficient (Wildman–Crippen LogP) is 1.11. The number of aromatic nitrogens is 3. The van der Waals surface area contributed by atoms with Gasteiger partial charge in [-0.3, -0.25) is 4.79 Å². The Labute approximate surface area is 118 Å². The summed E-state index contributed by atoms with van der Waals surface area (Å²) in [5.74, 6) is 0.747. The number of nitrogens with two attached hydrogens (primary N) is 1. The second-order valence-corrected chi connectivity index (χ2v) is 5.02. The van der Waals surface area contributed by atoms with Crippen molar-refractivity contribution < 1.29 is 4.79 Å². The molecule has 1 amide bonds. The van der Waals surface area contributed by atoms with Crippen molar-refractivity contribution in [2.75, 3.05) is 6.54 Å². The lowest BCUT2D eigenvalue weighted by atomic mass is 10.2. The van der Waals surface area contributed by atoms with Crippen LogP contribution in [-0.4, -0.2) is 27.2 Å². The van der Waals surface area contributed by atoms with Crippen LogP contribution in [0.4, 0.5) is 0 Å². The van der Waals surface area contributed by atoms with Crippen LogP contribution in [0, 0.1) is 5.92 Å². The number of hydrogen-bond donors (Lipinski definition) is 2. The Kier molecular flexibility index (Phi) is 4.47. The quantitative estimate of drug-likeness (QED) is 0.825. The molecule has 0 saturated heterocycles. The summed E-state index contributed by atoms with van der Waals surface area (Å²) in [5, 5.41) is 7.50. The molecule has 0 aliphatic carbocycles. The zero-order chi connectivity index (χ0) is 14.5. The fourth-order valence-corrected chi connectivity index (χ4v) is 1.84. The number of nitrogens with zero attached hydrogens (tertiary/aromatic N) is 3. The lowest BCUT2D eigenvalue weighted by Gasteiger charge is -2.10. The van der Waals surface area contributed by atoms with Gasteiger partial charge in [-0.1, -0.05) is 19.9 Å². The molecule has 0 radical (unpaired) electrons. The molecule has 6 heteroatoms. The fourth-order valence-electron chi connectivity index (χ4n) is 1.84. The van der Waals surface area contributed by atoms with Crippen molar-refractivity contribution in [3.63, 3.8) is 0 Å². The highest BCUT2D eigenvalue weighted by Crippen LogP contribution is 2.11. The zero-order valence-corrected chi connectivity index (χ0v) is 11.7. The number of rotatable bonds is 6. The Balaban J connectivity index is 2.20. The van der Waals surface area contributed by atoms with Crippen LogP contribution in [-0.2, 0) is 6.54 Å². The molecular formula is C14H19N5O. The second-order valence-electron chi connectivity index (χ2n) is 5.02. The van der Waals surface area contributed by atoms with Gasteiger partial charge in [0.25, 0.3) is 5.91 Å². The van der Waals surface area contributed by atoms with Gasteiger partial charge in [0.05, 0.1) is 0 Å². The second kappa shape index (κ2) is 6.29. The molecule has 2 aromatic heterocycles. The Morgan fingerprint density at radius 3 is 2.90 bits per heavy atom. The Morgan fingerprint density at radius 1 is 1.45 bits per heavy atom. The van der Waals surface area contributed by atoms with Crippen LogP contribution in [0.15, 0.2) is 30.6 Å². The topological polar surface area (TPSA) is 85.8 Å². The van der Waals surface area contributed by atoms with Gasteiger partial charge in [-0.25, -0.2) is 9.67 Å². The fraction of sp³-hybridized carbons (Fsp3) is 0.357. The van der Waals surface area contributed by atoms with Gasteiger partial charge in [0.1, 0.15) is 5.69 Å². The number of hydrogen-bond acceptors (Lipinski definition) is 4. The van der Waals surface area contributed by atoms with E-state index in [0.717, 1.165) is 12.1 Å². The van der Waals surface area contributed by atoms with Crippen LogP contribution < -0.4 is 11.1 Å². The highest BCUT2D eigenvalue weighted by atomic mass is 16.1. The van der Waals surface area contributed by atoms with Crippen molar-refractivity contribution in [3.05, 3.63) is 41.9 Å². The number of amides is 1. The number of nitrogens with one attached hydrogen (secondary N) is 1. The monoisotopic (exact) mass is 273 g/mol. The summed E-state index contributed by atoms with van der Waals surface area (Å²) in [6, 6.07) is 5.46. The average molecular weight is 273 g/mol. The third-order valence-corrected chi connectivity index (χ3v) is 2.79. The lowest BCUT2D eigenvalue weighted by molar-refractivity contribution is 0.0995. The summed E-state index contributed by atoms with van der Waals surface area (Å²) >= 11 is 0. The van der Waals surface area contributed by atoms with E-state index in [4.69, 9.17) is 5.73 Å². The molecule has 20 heavy (non-hydrogen) atoms. The molecule has 0 aromatic carbocycles. The van der Waals surface area contributed by atoms with Crippen LogP contribution in [0.2, 0.25) is 0 Å². The third kappa shape index (κ3) is 3.42. The van der Waals surface area contributed by atoms with Crippen molar-refractivity contribution in [2.24, 2.45) is 11.7 Å². The number of pyridine rings is 1. The molecule has 0 aliphatic rings. The van der Waals surface area contributed by atoms with Crippen molar-refractivity contribution in [1.82, 2.24) is 20.1 Å². The Hall–Kier alpha value is -2.21. The summed E-state index contributed by atoms with van der Waals surface area (Å²) in [4.78, 5) is 15.4. The van der Waals surface area contributed by atoms with E-state index in [1.54, 1.807) is 23.1 Å². The van der Waals surface area contributed by atoms with Gasteiger partial charge in [-0.2, -0.15) is 5.10 Å². The van der Waals surface area contributed by atoms with Crippen molar-refractivity contribution in [2.45, 2.75) is 20.4 Å². The molecule has 2 heterocycles. The van der Waals surface area contributed by atoms with E-state index in [1.807, 2.05) is 12.1 Å². The summed E-state index contributed by atoms with van der Waals surface area (Å²) in [5.41, 5.74) is 6.46. The maximum absolute atomic E-state index is 11.1. The van der Waals surface area contributed by atoms with Gasteiger partial charge in [-0.05, 0) is 24.6 Å². The smallest absolute Gasteiger partial charge is 0.269 e. The SMILES string of the molecule is CC(C)CNCc1cccnc1-n1ccc(C(N)=O)n1. The van der Waals surface area contributed by atoms with Gasteiger partial charge in [0.2, 0.25) is 0 Å². The molecule has 2 aromatic rings. The van der Waals surface area contributed by atoms with E-state index in [1.165, 1.54) is 0 Å². The average Bonchev–Trinajstić information content (AvgIpc) is 2.88. The van der Waals surface area contributed by atoms with Crippen LogP contribution in [0.1, 0.15) is 29.9 Å². The van der Waals surface area contributed by atoms with Crippen LogP contribution in [0.3, 0.4) is 0 Å². The van der Waals surface area contributed by atoms with E-state index >= 15 is 0 Å². The standard InChI is InChI=1S/C14H19N5O/c1-10(2)8-16-9-11-4-3-6-17-14(11)19-7-5-12(18-19)13(15)20/h3-7,10,16H,8-9H2,1-2H3,(H2,15,20). The van der Waals surface area contributed by atoms with E-state index in [0.29, 0.717) is 18.3 Å². The molecule has 0 aliphatic heterocycles. The predicted molar refractivity (Wildman–Crippen MR) is 76.4 cm³/mol. The minimum atomic E-state index is -0.542. The first-order valence-electron chi connectivity index (χ1n) is 6.58. The maximum atomic E-state index is 11.1. The van der Waals surface area contributed by atoms with E-state index < -0.39 is 5.91 Å². The summed E-state index contributed by atoms with van der Waals surface area (Å²) in [6.45, 7) is 5.95. The van der Waals surface area contributed by atoms with Crippen LogP contribution in [0.5, 0.6) is 0 Å². The first-order chi connectivity index (χ1) is 9.58. The van der Waals surface area contributed by atoms with Gasteiger partial charge in [0.15, 0.2) is 5.82 Å². The number of carbonyl (C=O) groups is 1. The van der Waals surface area contributed by atoms with Crippen LogP contribution >= 0.6 is 0 Å². The largest absolute Gasteiger partial charge is 0.364 e. The molecule has 6 nitrogen and oxygen atoms in total. The summed E-state index contributed by atoms with van der Waals surface area (Å²) < 4.78 is 1.58. The zero-order valence-electron chi connectivity index (χ0n) is 11.7. The first kappa shape index (κ1) is 14.2. The van der Waals surface area contributed by atoms with Crippen LogP contribution in [0.25, 0.3) is 5.82 Å². The lowest BCUT2D eigenvalue weighted by Crippen LogP contribution is -2.20. The molecule has 0 unspecified atom stereocenters. The highest BCUT2D eigenvalue weighted by Gasteiger charge is 2.10. The molecule has 0 fully saturated rings. The van der Waals surface area contributed by atoms with Crippen molar-refractivity contribution >= 4 is 5.91 Å². The van der Waals surface area contributed by atoms with Gasteiger partial charge in [0, 0.05) is 24.5 Å². The maximum Gasteiger partial charge on any atom is 0.269 e. The van der Waals surface area contributed by atoms with E-state index in [2.05, 4.69) is 29.2 Å².